The van der Waals surface area contributed by atoms with Crippen LogP contribution < -0.4 is 10.7 Å². The van der Waals surface area contributed by atoms with Gasteiger partial charge in [0.1, 0.15) is 17.3 Å². The molecule has 3 rings (SSSR count). The van der Waals surface area contributed by atoms with Crippen molar-refractivity contribution in [1.29, 1.82) is 5.26 Å². The van der Waals surface area contributed by atoms with Crippen LogP contribution in [0.25, 0.3) is 10.4 Å². The van der Waals surface area contributed by atoms with Crippen molar-refractivity contribution in [3.05, 3.63) is 33.8 Å². The molecule has 1 aliphatic rings. The van der Waals surface area contributed by atoms with Crippen LogP contribution in [0.15, 0.2) is 12.1 Å². The highest BCUT2D eigenvalue weighted by atomic mass is 32.1. The highest BCUT2D eigenvalue weighted by Crippen LogP contribution is 2.40. The molecule has 23 heavy (non-hydrogen) atoms. The summed E-state index contributed by atoms with van der Waals surface area (Å²) in [6, 6.07) is 6.68. The van der Waals surface area contributed by atoms with Gasteiger partial charge in [-0.1, -0.05) is 27.2 Å². The number of nitrogens with two attached hydrogens (primary N) is 1. The van der Waals surface area contributed by atoms with E-state index < -0.39 is 0 Å². The average Bonchev–Trinajstić information content (AvgIpc) is 2.87. The molecule has 0 amide bonds. The van der Waals surface area contributed by atoms with Gasteiger partial charge in [0.25, 0.3) is 5.82 Å². The van der Waals surface area contributed by atoms with Gasteiger partial charge < -0.3 is 0 Å². The Labute approximate surface area is 142 Å². The van der Waals surface area contributed by atoms with E-state index in [1.807, 2.05) is 0 Å². The lowest BCUT2D eigenvalue weighted by molar-refractivity contribution is -0.373. The van der Waals surface area contributed by atoms with E-state index in [1.165, 1.54) is 40.3 Å². The lowest BCUT2D eigenvalue weighted by Gasteiger charge is -2.16. The minimum absolute atomic E-state index is 0.124. The molecule has 2 heterocycles. The average molecular weight is 326 g/mol. The number of nitrogens with zero attached hydrogens (tertiary/aromatic N) is 1. The molecule has 0 spiro atoms. The van der Waals surface area contributed by atoms with Gasteiger partial charge in [-0.3, -0.25) is 5.73 Å². The van der Waals surface area contributed by atoms with Crippen molar-refractivity contribution in [2.24, 2.45) is 0 Å². The topological polar surface area (TPSA) is 64.0 Å². The van der Waals surface area contributed by atoms with Gasteiger partial charge in [0, 0.05) is 27.3 Å². The molecular weight excluding hydrogens is 302 g/mol. The zero-order valence-electron chi connectivity index (χ0n) is 14.1. The fraction of sp³-hybridized carbons (Fsp3) is 0.474. The Morgan fingerprint density at radius 3 is 2.57 bits per heavy atom. The van der Waals surface area contributed by atoms with Gasteiger partial charge in [0.05, 0.1) is 0 Å². The smallest absolute Gasteiger partial charge is 0.286 e. The van der Waals surface area contributed by atoms with Gasteiger partial charge in [-0.05, 0) is 36.8 Å². The molecule has 0 unspecified atom stereocenters. The van der Waals surface area contributed by atoms with Crippen molar-refractivity contribution in [2.45, 2.75) is 58.3 Å². The number of rotatable bonds is 1. The molecule has 1 aliphatic carbocycles. The second-order valence-electron chi connectivity index (χ2n) is 7.33. The van der Waals surface area contributed by atoms with E-state index in [9.17, 15) is 5.26 Å². The van der Waals surface area contributed by atoms with Gasteiger partial charge >= 0.3 is 0 Å². The molecule has 0 aliphatic heterocycles. The number of nitrogens with one attached hydrogen (secondary N) is 1. The quantitative estimate of drug-likeness (QED) is 0.796. The van der Waals surface area contributed by atoms with E-state index in [0.717, 1.165) is 18.4 Å². The first kappa shape index (κ1) is 16.0. The Morgan fingerprint density at radius 1 is 1.17 bits per heavy atom. The van der Waals surface area contributed by atoms with E-state index in [0.29, 0.717) is 11.4 Å². The van der Waals surface area contributed by atoms with E-state index >= 15 is 0 Å². The molecule has 4 heteroatoms. The van der Waals surface area contributed by atoms with Crippen LogP contribution in [-0.4, -0.2) is 0 Å². The van der Waals surface area contributed by atoms with Crippen molar-refractivity contribution in [1.82, 2.24) is 0 Å². The minimum atomic E-state index is 0.124. The van der Waals surface area contributed by atoms with E-state index in [-0.39, 0.29) is 5.41 Å². The monoisotopic (exact) mass is 326 g/mol. The van der Waals surface area contributed by atoms with E-state index in [1.54, 1.807) is 11.3 Å². The molecule has 0 radical (unpaired) electrons. The number of pyridine rings is 1. The molecule has 0 atom stereocenters. The van der Waals surface area contributed by atoms with Gasteiger partial charge in [-0.2, -0.15) is 5.26 Å². The second-order valence-corrected chi connectivity index (χ2v) is 8.42. The number of H-pyrrole nitrogens is 1. The van der Waals surface area contributed by atoms with Crippen LogP contribution in [-0.2, 0) is 18.3 Å². The van der Waals surface area contributed by atoms with Crippen LogP contribution >= 0.6 is 11.3 Å². The predicted molar refractivity (Wildman–Crippen MR) is 95.4 cm³/mol. The molecule has 3 N–H and O–H groups in total. The molecule has 0 aromatic carbocycles. The van der Waals surface area contributed by atoms with Crippen LogP contribution in [0.2, 0.25) is 0 Å². The summed E-state index contributed by atoms with van der Waals surface area (Å²) >= 11 is 1.79. The predicted octanol–water partition coefficient (Wildman–Crippen LogP) is 4.25. The number of aryl methyl sites for hydroxylation is 1. The zero-order chi connectivity index (χ0) is 16.6. The minimum Gasteiger partial charge on any atom is -0.286 e. The Bertz CT molecular complexity index is 775. The highest BCUT2D eigenvalue weighted by Gasteiger charge is 2.26. The van der Waals surface area contributed by atoms with Crippen LogP contribution in [0.4, 0.5) is 5.82 Å². The number of hydrogen-bond acceptors (Lipinski definition) is 3. The summed E-state index contributed by atoms with van der Waals surface area (Å²) in [6.45, 7) is 6.67. The standard InChI is InChI=1S/C19H23N3S/c1-19(2,3)16-10-9-15(23-16)17-12-7-5-4-6-8-14(12)22-18(21)13(17)11-20/h9-10H,4-8H2,1-3H3,(H2,21,22)/p+1. The largest absolute Gasteiger partial charge is 0.289 e. The van der Waals surface area contributed by atoms with Crippen LogP contribution in [0.1, 0.15) is 61.7 Å². The van der Waals surface area contributed by atoms with Gasteiger partial charge in [-0.15, -0.1) is 11.3 Å². The van der Waals surface area contributed by atoms with Crippen molar-refractivity contribution >= 4 is 17.2 Å². The van der Waals surface area contributed by atoms with Crippen LogP contribution in [0.3, 0.4) is 0 Å². The van der Waals surface area contributed by atoms with Crippen LogP contribution in [0.5, 0.6) is 0 Å². The number of thiophene rings is 1. The fourth-order valence-electron chi connectivity index (χ4n) is 3.27. The van der Waals surface area contributed by atoms with Gasteiger partial charge in [0.15, 0.2) is 0 Å². The number of aromatic nitrogens is 1. The second kappa shape index (κ2) is 5.98. The Morgan fingerprint density at radius 2 is 1.91 bits per heavy atom. The third-order valence-electron chi connectivity index (χ3n) is 4.53. The Kier molecular flexibility index (Phi) is 4.16. The zero-order valence-corrected chi connectivity index (χ0v) is 14.9. The molecule has 2 aromatic rings. The summed E-state index contributed by atoms with van der Waals surface area (Å²) in [5.74, 6) is 0.508. The summed E-state index contributed by atoms with van der Waals surface area (Å²) in [7, 11) is 0. The van der Waals surface area contributed by atoms with E-state index in [2.05, 4.69) is 44.0 Å². The van der Waals surface area contributed by atoms with Crippen molar-refractivity contribution in [3.63, 3.8) is 0 Å². The van der Waals surface area contributed by atoms with Crippen molar-refractivity contribution < 1.29 is 4.98 Å². The van der Waals surface area contributed by atoms with E-state index in [4.69, 9.17) is 5.73 Å². The first-order valence-electron chi connectivity index (χ1n) is 8.29. The van der Waals surface area contributed by atoms with Crippen molar-refractivity contribution in [2.75, 3.05) is 5.73 Å². The molecule has 0 fully saturated rings. The molecule has 0 saturated heterocycles. The molecular formula is C19H24N3S+. The molecule has 2 aromatic heterocycles. The van der Waals surface area contributed by atoms with Crippen molar-refractivity contribution in [3.8, 4) is 16.5 Å². The normalized spacial score (nSPS) is 14.9. The third kappa shape index (κ3) is 2.98. The Hall–Kier alpha value is -1.86. The number of fused-ring (bicyclic) bond motifs is 1. The summed E-state index contributed by atoms with van der Waals surface area (Å²) in [4.78, 5) is 5.80. The summed E-state index contributed by atoms with van der Waals surface area (Å²) in [5, 5.41) is 9.65. The lowest BCUT2D eigenvalue weighted by Crippen LogP contribution is -2.21. The fourth-order valence-corrected chi connectivity index (χ4v) is 4.41. The number of anilines is 1. The van der Waals surface area contributed by atoms with Gasteiger partial charge in [-0.25, -0.2) is 4.98 Å². The van der Waals surface area contributed by atoms with Gasteiger partial charge in [0.2, 0.25) is 0 Å². The highest BCUT2D eigenvalue weighted by molar-refractivity contribution is 7.15. The molecule has 120 valence electrons. The molecule has 0 bridgehead atoms. The summed E-state index contributed by atoms with van der Waals surface area (Å²) in [6.07, 6.45) is 5.65. The Balaban J connectivity index is 2.23. The maximum Gasteiger partial charge on any atom is 0.289 e. The van der Waals surface area contributed by atoms with Crippen LogP contribution in [0, 0.1) is 11.3 Å². The molecule has 0 saturated carbocycles. The first-order valence-corrected chi connectivity index (χ1v) is 9.10. The third-order valence-corrected chi connectivity index (χ3v) is 6.06. The molecule has 3 nitrogen and oxygen atoms in total. The number of aromatic amines is 1. The lowest BCUT2D eigenvalue weighted by atomic mass is 9.94. The maximum absolute atomic E-state index is 9.65. The number of nitrogen functional groups attached to an aromatic ring is 1. The maximum atomic E-state index is 9.65. The number of nitriles is 1. The SMILES string of the molecule is CC(C)(C)c1ccc(-c2c(C#N)c(N)[nH+]c3c2CCCCC3)s1. The number of hydrogen-bond donors (Lipinski definition) is 1. The summed E-state index contributed by atoms with van der Waals surface area (Å²) in [5.41, 5.74) is 10.5. The first-order chi connectivity index (χ1) is 10.9. The summed E-state index contributed by atoms with van der Waals surface area (Å²) < 4.78 is 0.